The molecule has 2 aliphatic heterocycles. The average molecular weight is 468 g/mol. The van der Waals surface area contributed by atoms with Crippen molar-refractivity contribution in [3.05, 3.63) is 46.0 Å². The number of aryl methyl sites for hydroxylation is 1. The molecule has 0 radical (unpaired) electrons. The van der Waals surface area contributed by atoms with Crippen LogP contribution in [0.5, 0.6) is 0 Å². The quantitative estimate of drug-likeness (QED) is 0.475. The lowest BCUT2D eigenvalue weighted by Gasteiger charge is -2.38. The minimum atomic E-state index is -0.0577. The fourth-order valence-corrected chi connectivity index (χ4v) is 5.21. The van der Waals surface area contributed by atoms with Crippen LogP contribution in [0.2, 0.25) is 10.0 Å². The van der Waals surface area contributed by atoms with Gasteiger partial charge in [-0.15, -0.1) is 11.8 Å². The Morgan fingerprint density at radius 1 is 1.20 bits per heavy atom. The summed E-state index contributed by atoms with van der Waals surface area (Å²) in [5.41, 5.74) is 0.911. The van der Waals surface area contributed by atoms with E-state index in [4.69, 9.17) is 23.2 Å². The molecule has 1 aromatic carbocycles. The number of nitrogens with zero attached hydrogens (tertiary/aromatic N) is 5. The summed E-state index contributed by atoms with van der Waals surface area (Å²) in [6.45, 7) is 4.95. The van der Waals surface area contributed by atoms with Gasteiger partial charge in [0.2, 0.25) is 5.91 Å². The van der Waals surface area contributed by atoms with Crippen molar-refractivity contribution in [2.45, 2.75) is 31.2 Å². The van der Waals surface area contributed by atoms with Crippen LogP contribution in [0.1, 0.15) is 24.4 Å². The van der Waals surface area contributed by atoms with Gasteiger partial charge in [0, 0.05) is 42.5 Å². The molecular formula is C20H23Cl2N5O2S. The van der Waals surface area contributed by atoms with E-state index in [9.17, 15) is 9.59 Å². The second-order valence-corrected chi connectivity index (χ2v) is 9.31. The van der Waals surface area contributed by atoms with Crippen molar-refractivity contribution in [1.82, 2.24) is 24.5 Å². The molecule has 0 unspecified atom stereocenters. The van der Waals surface area contributed by atoms with E-state index in [1.807, 2.05) is 29.0 Å². The van der Waals surface area contributed by atoms with Crippen LogP contribution in [0.4, 0.5) is 4.79 Å². The Balaban J connectivity index is 1.20. The number of imidazole rings is 1. The first-order chi connectivity index (χ1) is 14.4. The topological polar surface area (TPSA) is 61.7 Å². The standard InChI is InChI=1S/C20H23Cl2N5O2S/c1-14-23-12-16-13-26(20(29)27(14)16)25-8-6-24(7-9-25)19(28)3-2-10-30-18-5-4-15(21)11-17(18)22/h4-5,11-12H,2-3,6-10,13H2,1H3. The van der Waals surface area contributed by atoms with Crippen LogP contribution >= 0.6 is 35.0 Å². The van der Waals surface area contributed by atoms with Gasteiger partial charge in [-0.1, -0.05) is 23.2 Å². The Kier molecular flexibility index (Phi) is 6.57. The highest BCUT2D eigenvalue weighted by Crippen LogP contribution is 2.30. The number of halogens is 2. The Morgan fingerprint density at radius 2 is 1.97 bits per heavy atom. The van der Waals surface area contributed by atoms with Crippen LogP contribution in [0.25, 0.3) is 0 Å². The monoisotopic (exact) mass is 467 g/mol. The van der Waals surface area contributed by atoms with Crippen LogP contribution < -0.4 is 0 Å². The largest absolute Gasteiger partial charge is 0.344 e. The summed E-state index contributed by atoms with van der Waals surface area (Å²) in [5.74, 6) is 1.70. The molecule has 3 heterocycles. The second-order valence-electron chi connectivity index (χ2n) is 7.33. The van der Waals surface area contributed by atoms with Crippen LogP contribution in [0, 0.1) is 6.92 Å². The lowest BCUT2D eigenvalue weighted by Crippen LogP contribution is -2.55. The summed E-state index contributed by atoms with van der Waals surface area (Å²) in [4.78, 5) is 32.3. The summed E-state index contributed by atoms with van der Waals surface area (Å²) in [7, 11) is 0. The molecule has 2 aromatic rings. The highest BCUT2D eigenvalue weighted by molar-refractivity contribution is 7.99. The van der Waals surface area contributed by atoms with Crippen molar-refractivity contribution < 1.29 is 9.59 Å². The van der Waals surface area contributed by atoms with E-state index in [-0.39, 0.29) is 11.9 Å². The molecule has 10 heteroatoms. The minimum Gasteiger partial charge on any atom is -0.340 e. The number of carbonyl (C=O) groups is 2. The van der Waals surface area contributed by atoms with Gasteiger partial charge in [-0.05, 0) is 37.3 Å². The molecule has 7 nitrogen and oxygen atoms in total. The zero-order valence-corrected chi connectivity index (χ0v) is 19.0. The molecule has 2 amide bonds. The van der Waals surface area contributed by atoms with Gasteiger partial charge >= 0.3 is 6.03 Å². The predicted molar refractivity (Wildman–Crippen MR) is 118 cm³/mol. The van der Waals surface area contributed by atoms with Gasteiger partial charge in [0.25, 0.3) is 0 Å². The highest BCUT2D eigenvalue weighted by atomic mass is 35.5. The van der Waals surface area contributed by atoms with Crippen LogP contribution in [-0.4, -0.2) is 68.3 Å². The van der Waals surface area contributed by atoms with Crippen molar-refractivity contribution in [2.75, 3.05) is 31.9 Å². The van der Waals surface area contributed by atoms with Crippen molar-refractivity contribution in [1.29, 1.82) is 0 Å². The molecule has 1 saturated heterocycles. The van der Waals surface area contributed by atoms with Gasteiger partial charge in [0.1, 0.15) is 5.82 Å². The Bertz CT molecular complexity index is 959. The van der Waals surface area contributed by atoms with Gasteiger partial charge in [-0.25, -0.2) is 19.4 Å². The maximum Gasteiger partial charge on any atom is 0.344 e. The third-order valence-electron chi connectivity index (χ3n) is 5.37. The highest BCUT2D eigenvalue weighted by Gasteiger charge is 2.35. The molecule has 2 aliphatic rings. The first-order valence-corrected chi connectivity index (χ1v) is 11.6. The van der Waals surface area contributed by atoms with Crippen molar-refractivity contribution in [3.8, 4) is 0 Å². The van der Waals surface area contributed by atoms with Gasteiger partial charge in [0.05, 0.1) is 23.5 Å². The number of hydrogen-bond donors (Lipinski definition) is 0. The summed E-state index contributed by atoms with van der Waals surface area (Å²) < 4.78 is 1.65. The number of benzene rings is 1. The Morgan fingerprint density at radius 3 is 2.67 bits per heavy atom. The maximum absolute atomic E-state index is 12.6. The lowest BCUT2D eigenvalue weighted by atomic mass is 10.2. The fraction of sp³-hybridized carbons (Fsp3) is 0.450. The van der Waals surface area contributed by atoms with Crippen molar-refractivity contribution >= 4 is 46.9 Å². The van der Waals surface area contributed by atoms with Crippen LogP contribution in [0.15, 0.2) is 29.3 Å². The zero-order valence-electron chi connectivity index (χ0n) is 16.7. The van der Waals surface area contributed by atoms with Crippen molar-refractivity contribution in [2.24, 2.45) is 0 Å². The number of aromatic nitrogens is 2. The van der Waals surface area contributed by atoms with E-state index in [0.717, 1.165) is 22.8 Å². The zero-order chi connectivity index (χ0) is 21.3. The Hall–Kier alpha value is -1.74. The maximum atomic E-state index is 12.6. The summed E-state index contributed by atoms with van der Waals surface area (Å²) >= 11 is 13.7. The van der Waals surface area contributed by atoms with Crippen LogP contribution in [-0.2, 0) is 11.3 Å². The predicted octanol–water partition coefficient (Wildman–Crippen LogP) is 3.91. The average Bonchev–Trinajstić information content (AvgIpc) is 3.26. The van der Waals surface area contributed by atoms with E-state index in [0.29, 0.717) is 55.0 Å². The molecule has 4 rings (SSSR count). The number of piperazine rings is 1. The molecule has 0 bridgehead atoms. The van der Waals surface area contributed by atoms with E-state index in [1.165, 1.54) is 0 Å². The SMILES string of the molecule is Cc1ncc2n1C(=O)N(N1CCN(C(=O)CCCSc3ccc(Cl)cc3Cl)CC1)C2. The van der Waals surface area contributed by atoms with E-state index in [1.54, 1.807) is 33.6 Å². The molecular weight excluding hydrogens is 445 g/mol. The molecule has 0 N–H and O–H groups in total. The molecule has 0 spiro atoms. The summed E-state index contributed by atoms with van der Waals surface area (Å²) in [6, 6.07) is 5.40. The number of hydrazine groups is 1. The second kappa shape index (κ2) is 9.18. The molecule has 1 fully saturated rings. The van der Waals surface area contributed by atoms with Gasteiger partial charge < -0.3 is 4.90 Å². The van der Waals surface area contributed by atoms with E-state index < -0.39 is 0 Å². The third kappa shape index (κ3) is 4.46. The first kappa shape index (κ1) is 21.5. The normalized spacial score (nSPS) is 17.0. The number of fused-ring (bicyclic) bond motifs is 1. The Labute approximate surface area is 189 Å². The van der Waals surface area contributed by atoms with Gasteiger partial charge in [-0.2, -0.15) is 0 Å². The van der Waals surface area contributed by atoms with Crippen molar-refractivity contribution in [3.63, 3.8) is 0 Å². The van der Waals surface area contributed by atoms with Gasteiger partial charge in [-0.3, -0.25) is 9.80 Å². The number of carbonyl (C=O) groups excluding carboxylic acids is 2. The molecule has 160 valence electrons. The summed E-state index contributed by atoms with van der Waals surface area (Å²) in [5, 5.41) is 5.06. The minimum absolute atomic E-state index is 0.0577. The van der Waals surface area contributed by atoms with Gasteiger partial charge in [0.15, 0.2) is 0 Å². The number of rotatable bonds is 6. The number of thioether (sulfide) groups is 1. The summed E-state index contributed by atoms with van der Waals surface area (Å²) in [6.07, 6.45) is 3.05. The third-order valence-corrected chi connectivity index (χ3v) is 7.19. The molecule has 0 atom stereocenters. The number of amides is 2. The molecule has 1 aromatic heterocycles. The van der Waals surface area contributed by atoms with E-state index >= 15 is 0 Å². The molecule has 0 aliphatic carbocycles. The number of hydrogen-bond acceptors (Lipinski definition) is 5. The molecule has 0 saturated carbocycles. The van der Waals surface area contributed by atoms with Crippen LogP contribution in [0.3, 0.4) is 0 Å². The lowest BCUT2D eigenvalue weighted by molar-refractivity contribution is -0.135. The fourth-order valence-electron chi connectivity index (χ4n) is 3.76. The first-order valence-electron chi connectivity index (χ1n) is 9.89. The van der Waals surface area contributed by atoms with E-state index in [2.05, 4.69) is 4.98 Å². The smallest absolute Gasteiger partial charge is 0.340 e. The molecule has 30 heavy (non-hydrogen) atoms.